The molecule has 0 spiro atoms. The Bertz CT molecular complexity index is 152. The van der Waals surface area contributed by atoms with Crippen molar-refractivity contribution in [1.82, 2.24) is 0 Å². The van der Waals surface area contributed by atoms with Crippen LogP contribution in [0.3, 0.4) is 0 Å². The predicted molar refractivity (Wildman–Crippen MR) is 32.1 cm³/mol. The summed E-state index contributed by atoms with van der Waals surface area (Å²) in [6.45, 7) is 0. The average molecular weight is 110 g/mol. The van der Waals surface area contributed by atoms with Crippen molar-refractivity contribution in [2.45, 2.75) is 6.42 Å². The lowest BCUT2D eigenvalue weighted by Gasteiger charge is -1.79. The van der Waals surface area contributed by atoms with E-state index in [2.05, 4.69) is 0 Å². The molecule has 1 aliphatic rings. The monoisotopic (exact) mass is 110 g/mol. The van der Waals surface area contributed by atoms with Crippen LogP contribution in [0.1, 0.15) is 6.42 Å². The molecule has 0 nitrogen and oxygen atoms in total. The topological polar surface area (TPSA) is 0 Å². The molecule has 0 atom stereocenters. The van der Waals surface area contributed by atoms with E-state index in [1.165, 1.54) is 6.08 Å². The Morgan fingerprint density at radius 2 is 2.50 bits per heavy atom. The summed E-state index contributed by atoms with van der Waals surface area (Å²) in [4.78, 5) is 0. The Balaban J connectivity index is 2.58. The highest BCUT2D eigenvalue weighted by molar-refractivity contribution is 5.34. The Hall–Kier alpha value is -0.850. The van der Waals surface area contributed by atoms with Crippen LogP contribution < -0.4 is 0 Å². The molecule has 1 heteroatoms. The fourth-order valence-corrected chi connectivity index (χ4v) is 0.673. The average Bonchev–Trinajstić information content (AvgIpc) is 2.19. The molecule has 0 aromatic carbocycles. The second kappa shape index (κ2) is 2.46. The molecule has 0 fully saturated rings. The van der Waals surface area contributed by atoms with Crippen molar-refractivity contribution in [1.29, 1.82) is 0 Å². The largest absolute Gasteiger partial charge is 0.216 e. The van der Waals surface area contributed by atoms with Crippen LogP contribution in [0.25, 0.3) is 0 Å². The zero-order valence-electron chi connectivity index (χ0n) is 4.47. The second-order valence-corrected chi connectivity index (χ2v) is 1.63. The first-order valence-corrected chi connectivity index (χ1v) is 2.57. The van der Waals surface area contributed by atoms with Crippen LogP contribution >= 0.6 is 0 Å². The fraction of sp³-hybridized carbons (Fsp3) is 0.143. The van der Waals surface area contributed by atoms with E-state index in [1.807, 2.05) is 18.2 Å². The number of allylic oxidation sites excluding steroid dienone is 5. The molecule has 1 rings (SSSR count). The summed E-state index contributed by atoms with van der Waals surface area (Å²) in [7, 11) is 0. The van der Waals surface area contributed by atoms with Crippen molar-refractivity contribution in [3.63, 3.8) is 0 Å². The van der Waals surface area contributed by atoms with Gasteiger partial charge < -0.3 is 0 Å². The first kappa shape index (κ1) is 5.29. The Morgan fingerprint density at radius 1 is 1.62 bits per heavy atom. The van der Waals surface area contributed by atoms with E-state index in [0.717, 1.165) is 12.0 Å². The zero-order valence-corrected chi connectivity index (χ0v) is 4.47. The molecule has 8 heavy (non-hydrogen) atoms. The first-order valence-electron chi connectivity index (χ1n) is 2.57. The van der Waals surface area contributed by atoms with Gasteiger partial charge in [-0.3, -0.25) is 0 Å². The van der Waals surface area contributed by atoms with Crippen LogP contribution in [0.15, 0.2) is 36.2 Å². The van der Waals surface area contributed by atoms with Crippen molar-refractivity contribution >= 4 is 0 Å². The highest BCUT2D eigenvalue weighted by Gasteiger charge is 1.89. The van der Waals surface area contributed by atoms with E-state index in [-0.39, 0.29) is 0 Å². The van der Waals surface area contributed by atoms with Crippen LogP contribution in [0.5, 0.6) is 0 Å². The molecule has 0 aliphatic heterocycles. The van der Waals surface area contributed by atoms with Crippen LogP contribution in [0.4, 0.5) is 4.39 Å². The Morgan fingerprint density at radius 3 is 3.00 bits per heavy atom. The van der Waals surface area contributed by atoms with Crippen molar-refractivity contribution in [3.05, 3.63) is 36.2 Å². The van der Waals surface area contributed by atoms with Gasteiger partial charge in [-0.05, 0) is 18.1 Å². The molecule has 0 N–H and O–H groups in total. The van der Waals surface area contributed by atoms with Gasteiger partial charge in [-0.25, -0.2) is 4.39 Å². The van der Waals surface area contributed by atoms with Crippen molar-refractivity contribution in [2.24, 2.45) is 0 Å². The summed E-state index contributed by atoms with van der Waals surface area (Å²) in [5.74, 6) is 0. The van der Waals surface area contributed by atoms with Gasteiger partial charge in [-0.1, -0.05) is 18.2 Å². The molecule has 0 amide bonds. The van der Waals surface area contributed by atoms with Gasteiger partial charge in [-0.2, -0.15) is 0 Å². The van der Waals surface area contributed by atoms with Gasteiger partial charge in [-0.15, -0.1) is 0 Å². The zero-order chi connectivity index (χ0) is 5.82. The standard InChI is InChI=1S/C7H7F/c8-6-5-7-3-1-2-4-7/h1,3-6H,2H2. The molecule has 1 aliphatic carbocycles. The van der Waals surface area contributed by atoms with Crippen LogP contribution in [-0.4, -0.2) is 0 Å². The van der Waals surface area contributed by atoms with Crippen LogP contribution in [0, 0.1) is 0 Å². The molecule has 0 aromatic rings. The minimum absolute atomic E-state index is 0.557. The van der Waals surface area contributed by atoms with Gasteiger partial charge in [0.15, 0.2) is 0 Å². The maximum absolute atomic E-state index is 11.4. The van der Waals surface area contributed by atoms with E-state index in [1.54, 1.807) is 0 Å². The van der Waals surface area contributed by atoms with Crippen molar-refractivity contribution in [3.8, 4) is 0 Å². The summed E-state index contributed by atoms with van der Waals surface area (Å²) >= 11 is 0. The Kier molecular flexibility index (Phi) is 1.62. The van der Waals surface area contributed by atoms with Crippen molar-refractivity contribution < 1.29 is 4.39 Å². The molecule has 0 saturated carbocycles. The minimum Gasteiger partial charge on any atom is -0.216 e. The molecular weight excluding hydrogens is 103 g/mol. The number of hydrogen-bond donors (Lipinski definition) is 0. The normalized spacial score (nSPS) is 17.9. The van der Waals surface area contributed by atoms with E-state index < -0.39 is 0 Å². The second-order valence-electron chi connectivity index (χ2n) is 1.63. The third-order valence-corrected chi connectivity index (χ3v) is 1.06. The third kappa shape index (κ3) is 1.06. The predicted octanol–water partition coefficient (Wildman–Crippen LogP) is 2.36. The number of halogens is 1. The lowest BCUT2D eigenvalue weighted by Crippen LogP contribution is -1.59. The van der Waals surface area contributed by atoms with E-state index in [9.17, 15) is 4.39 Å². The summed E-state index contributed by atoms with van der Waals surface area (Å²) in [5, 5.41) is 0. The van der Waals surface area contributed by atoms with Gasteiger partial charge in [0.25, 0.3) is 0 Å². The highest BCUT2D eigenvalue weighted by atomic mass is 19.1. The SMILES string of the molecule is FC=CC1=CCC=C1. The van der Waals surface area contributed by atoms with Gasteiger partial charge >= 0.3 is 0 Å². The van der Waals surface area contributed by atoms with Crippen LogP contribution in [0.2, 0.25) is 0 Å². The summed E-state index contributed by atoms with van der Waals surface area (Å²) in [5.41, 5.74) is 0.965. The van der Waals surface area contributed by atoms with E-state index >= 15 is 0 Å². The smallest absolute Gasteiger partial charge is 0.0872 e. The fourth-order valence-electron chi connectivity index (χ4n) is 0.673. The molecule has 42 valence electrons. The lowest BCUT2D eigenvalue weighted by atomic mass is 10.3. The van der Waals surface area contributed by atoms with E-state index in [0.29, 0.717) is 6.33 Å². The molecule has 0 unspecified atom stereocenters. The molecule has 0 radical (unpaired) electrons. The number of hydrogen-bond acceptors (Lipinski definition) is 0. The quantitative estimate of drug-likeness (QED) is 0.486. The van der Waals surface area contributed by atoms with Crippen molar-refractivity contribution in [2.75, 3.05) is 0 Å². The Labute approximate surface area is 48.0 Å². The van der Waals surface area contributed by atoms with E-state index in [4.69, 9.17) is 0 Å². The molecule has 0 heterocycles. The third-order valence-electron chi connectivity index (χ3n) is 1.06. The summed E-state index contributed by atoms with van der Waals surface area (Å²) in [6.07, 6.45) is 8.81. The molecule has 0 aromatic heterocycles. The van der Waals surface area contributed by atoms with Gasteiger partial charge in [0.05, 0.1) is 6.33 Å². The number of rotatable bonds is 1. The lowest BCUT2D eigenvalue weighted by molar-refractivity contribution is 0.720. The summed E-state index contributed by atoms with van der Waals surface area (Å²) < 4.78 is 11.4. The molecule has 0 saturated heterocycles. The van der Waals surface area contributed by atoms with Crippen LogP contribution in [-0.2, 0) is 0 Å². The van der Waals surface area contributed by atoms with Gasteiger partial charge in [0, 0.05) is 0 Å². The minimum atomic E-state index is 0.557. The van der Waals surface area contributed by atoms with Gasteiger partial charge in [0.2, 0.25) is 0 Å². The molecule has 0 bridgehead atoms. The molecular formula is C7H7F. The first-order chi connectivity index (χ1) is 3.93. The highest BCUT2D eigenvalue weighted by Crippen LogP contribution is 2.09. The maximum Gasteiger partial charge on any atom is 0.0872 e. The summed E-state index contributed by atoms with van der Waals surface area (Å²) in [6, 6.07) is 0. The maximum atomic E-state index is 11.4. The van der Waals surface area contributed by atoms with Gasteiger partial charge in [0.1, 0.15) is 0 Å².